The summed E-state index contributed by atoms with van der Waals surface area (Å²) in [6, 6.07) is 1.67. The fourth-order valence-corrected chi connectivity index (χ4v) is 3.01. The number of rotatable bonds is 2. The third kappa shape index (κ3) is 1.85. The van der Waals surface area contributed by atoms with E-state index in [1.807, 2.05) is 0 Å². The van der Waals surface area contributed by atoms with Crippen molar-refractivity contribution in [1.29, 1.82) is 0 Å². The third-order valence-corrected chi connectivity index (χ3v) is 3.80. The smallest absolute Gasteiger partial charge is 0.231 e. The number of nitrogens with one attached hydrogen (secondary N) is 1. The van der Waals surface area contributed by atoms with Crippen LogP contribution in [0.4, 0.5) is 0 Å². The van der Waals surface area contributed by atoms with Gasteiger partial charge in [-0.25, -0.2) is 0 Å². The molecule has 5 heteroatoms. The van der Waals surface area contributed by atoms with E-state index in [-0.39, 0.29) is 6.79 Å². The minimum absolute atomic E-state index is 0.156. The van der Waals surface area contributed by atoms with Gasteiger partial charge in [-0.2, -0.15) is 0 Å². The number of fused-ring (bicyclic) bond motifs is 1. The molecule has 4 nitrogen and oxygen atoms in total. The van der Waals surface area contributed by atoms with E-state index in [0.717, 1.165) is 37.8 Å². The van der Waals surface area contributed by atoms with Gasteiger partial charge in [-0.1, -0.05) is 11.6 Å². The topological polar surface area (TPSA) is 47.6 Å². The number of piperidine rings is 1. The lowest BCUT2D eigenvalue weighted by Crippen LogP contribution is -2.28. The molecule has 1 fully saturated rings. The molecule has 2 aliphatic heterocycles. The molecule has 96 valence electrons. The Morgan fingerprint density at radius 2 is 2.22 bits per heavy atom. The van der Waals surface area contributed by atoms with Gasteiger partial charge in [-0.15, -0.1) is 0 Å². The average Bonchev–Trinajstić information content (AvgIpc) is 2.87. The third-order valence-electron chi connectivity index (χ3n) is 3.49. The van der Waals surface area contributed by atoms with Crippen LogP contribution in [-0.2, 0) is 0 Å². The highest BCUT2D eigenvalue weighted by atomic mass is 35.5. The average molecular weight is 268 g/mol. The van der Waals surface area contributed by atoms with Crippen LogP contribution < -0.4 is 14.8 Å². The molecule has 0 aromatic heterocycles. The maximum absolute atomic E-state index is 11.0. The highest BCUT2D eigenvalue weighted by molar-refractivity contribution is 6.32. The maximum Gasteiger partial charge on any atom is 0.231 e. The predicted octanol–water partition coefficient (Wildman–Crippen LogP) is 2.35. The van der Waals surface area contributed by atoms with Gasteiger partial charge in [0.15, 0.2) is 17.8 Å². The fraction of sp³-hybridized carbons (Fsp3) is 0.462. The van der Waals surface area contributed by atoms with Crippen molar-refractivity contribution in [1.82, 2.24) is 5.32 Å². The Bertz CT molecular complexity index is 484. The Hall–Kier alpha value is -1.26. The Kier molecular flexibility index (Phi) is 3.14. The second kappa shape index (κ2) is 4.78. The van der Waals surface area contributed by atoms with Gasteiger partial charge in [-0.05, 0) is 25.5 Å². The quantitative estimate of drug-likeness (QED) is 0.836. The summed E-state index contributed by atoms with van der Waals surface area (Å²) < 4.78 is 10.9. The first-order valence-corrected chi connectivity index (χ1v) is 6.47. The number of halogens is 1. The van der Waals surface area contributed by atoms with Crippen molar-refractivity contribution in [3.8, 4) is 11.5 Å². The largest absolute Gasteiger partial charge is 0.453 e. The van der Waals surface area contributed by atoms with Crippen LogP contribution in [0.15, 0.2) is 6.07 Å². The first kappa shape index (κ1) is 11.8. The van der Waals surface area contributed by atoms with Crippen molar-refractivity contribution in [2.45, 2.75) is 18.8 Å². The van der Waals surface area contributed by atoms with Crippen LogP contribution in [0.3, 0.4) is 0 Å². The van der Waals surface area contributed by atoms with Gasteiger partial charge in [0.05, 0.1) is 5.56 Å². The highest BCUT2D eigenvalue weighted by Gasteiger charge is 2.29. The molecule has 1 unspecified atom stereocenters. The van der Waals surface area contributed by atoms with E-state index in [1.54, 1.807) is 6.07 Å². The van der Waals surface area contributed by atoms with E-state index >= 15 is 0 Å². The van der Waals surface area contributed by atoms with E-state index in [9.17, 15) is 4.79 Å². The summed E-state index contributed by atoms with van der Waals surface area (Å²) in [6.07, 6.45) is 2.94. The fourth-order valence-electron chi connectivity index (χ4n) is 2.65. The molecule has 3 rings (SSSR count). The number of aldehydes is 1. The Balaban J connectivity index is 2.08. The number of hydrogen-bond donors (Lipinski definition) is 1. The number of hydrogen-bond acceptors (Lipinski definition) is 4. The summed E-state index contributed by atoms with van der Waals surface area (Å²) in [5, 5.41) is 3.95. The summed E-state index contributed by atoms with van der Waals surface area (Å²) in [7, 11) is 0. The Labute approximate surface area is 110 Å². The number of carbonyl (C=O) groups is 1. The van der Waals surface area contributed by atoms with Crippen molar-refractivity contribution >= 4 is 17.9 Å². The zero-order valence-corrected chi connectivity index (χ0v) is 10.6. The van der Waals surface area contributed by atoms with Crippen LogP contribution in [0, 0.1) is 0 Å². The SMILES string of the molecule is O=Cc1cc(Cl)c(C2CCCNC2)c2c1OCO2. The molecule has 0 bridgehead atoms. The highest BCUT2D eigenvalue weighted by Crippen LogP contribution is 2.46. The Morgan fingerprint density at radius 3 is 2.94 bits per heavy atom. The van der Waals surface area contributed by atoms with Crippen LogP contribution in [0.25, 0.3) is 0 Å². The van der Waals surface area contributed by atoms with Gasteiger partial charge in [0, 0.05) is 23.0 Å². The minimum Gasteiger partial charge on any atom is -0.453 e. The van der Waals surface area contributed by atoms with E-state index < -0.39 is 0 Å². The van der Waals surface area contributed by atoms with E-state index in [1.165, 1.54) is 0 Å². The molecule has 0 radical (unpaired) electrons. The molecule has 1 aromatic carbocycles. The van der Waals surface area contributed by atoms with Crippen molar-refractivity contribution in [3.05, 3.63) is 22.2 Å². The molecule has 2 aliphatic rings. The van der Waals surface area contributed by atoms with Crippen molar-refractivity contribution < 1.29 is 14.3 Å². The molecule has 1 saturated heterocycles. The van der Waals surface area contributed by atoms with Crippen LogP contribution in [0.1, 0.15) is 34.7 Å². The van der Waals surface area contributed by atoms with E-state index in [4.69, 9.17) is 21.1 Å². The number of benzene rings is 1. The standard InChI is InChI=1S/C13H14ClNO3/c14-10-4-9(6-16)12-13(18-7-17-12)11(10)8-2-1-3-15-5-8/h4,6,8,15H,1-3,5,7H2. The molecule has 18 heavy (non-hydrogen) atoms. The lowest BCUT2D eigenvalue weighted by Gasteiger charge is -2.25. The van der Waals surface area contributed by atoms with Crippen molar-refractivity contribution in [2.75, 3.05) is 19.9 Å². The molecule has 0 aliphatic carbocycles. The van der Waals surface area contributed by atoms with E-state index in [2.05, 4.69) is 5.32 Å². The number of ether oxygens (including phenoxy) is 2. The molecular formula is C13H14ClNO3. The molecular weight excluding hydrogens is 254 g/mol. The van der Waals surface area contributed by atoms with Gasteiger partial charge >= 0.3 is 0 Å². The van der Waals surface area contributed by atoms with Gasteiger partial charge in [0.2, 0.25) is 6.79 Å². The molecule has 1 atom stereocenters. The lowest BCUT2D eigenvalue weighted by molar-refractivity contribution is 0.111. The summed E-state index contributed by atoms with van der Waals surface area (Å²) in [5.74, 6) is 1.51. The zero-order valence-electron chi connectivity index (χ0n) is 9.87. The first-order valence-electron chi connectivity index (χ1n) is 6.09. The van der Waals surface area contributed by atoms with Gasteiger partial charge in [0.25, 0.3) is 0 Å². The van der Waals surface area contributed by atoms with Crippen LogP contribution in [-0.4, -0.2) is 26.2 Å². The van der Waals surface area contributed by atoms with Crippen molar-refractivity contribution in [2.24, 2.45) is 0 Å². The monoisotopic (exact) mass is 267 g/mol. The molecule has 1 aromatic rings. The molecule has 2 heterocycles. The van der Waals surface area contributed by atoms with Crippen LogP contribution >= 0.6 is 11.6 Å². The number of carbonyl (C=O) groups excluding carboxylic acids is 1. The van der Waals surface area contributed by atoms with Gasteiger partial charge in [-0.3, -0.25) is 4.79 Å². The van der Waals surface area contributed by atoms with Crippen LogP contribution in [0.2, 0.25) is 5.02 Å². The maximum atomic E-state index is 11.0. The lowest BCUT2D eigenvalue weighted by atomic mass is 9.90. The summed E-state index contributed by atoms with van der Waals surface area (Å²) in [6.45, 7) is 2.08. The predicted molar refractivity (Wildman–Crippen MR) is 67.8 cm³/mol. The first-order chi connectivity index (χ1) is 8.81. The summed E-state index contributed by atoms with van der Waals surface area (Å²) >= 11 is 6.30. The minimum atomic E-state index is 0.156. The van der Waals surface area contributed by atoms with Gasteiger partial charge < -0.3 is 14.8 Å². The van der Waals surface area contributed by atoms with Gasteiger partial charge in [0.1, 0.15) is 0 Å². The normalized spacial score (nSPS) is 21.9. The zero-order chi connectivity index (χ0) is 12.5. The Morgan fingerprint density at radius 1 is 1.39 bits per heavy atom. The summed E-state index contributed by atoms with van der Waals surface area (Å²) in [4.78, 5) is 11.0. The molecule has 0 saturated carbocycles. The second-order valence-corrected chi connectivity index (χ2v) is 4.99. The van der Waals surface area contributed by atoms with Crippen molar-refractivity contribution in [3.63, 3.8) is 0 Å². The van der Waals surface area contributed by atoms with Crippen LogP contribution in [0.5, 0.6) is 11.5 Å². The summed E-state index contributed by atoms with van der Waals surface area (Å²) in [5.41, 5.74) is 1.43. The van der Waals surface area contributed by atoms with E-state index in [0.29, 0.717) is 28.0 Å². The molecule has 1 N–H and O–H groups in total. The molecule has 0 amide bonds. The molecule has 0 spiro atoms. The second-order valence-electron chi connectivity index (χ2n) is 4.59.